The molecule has 0 bridgehead atoms. The zero-order valence-electron chi connectivity index (χ0n) is 10.4. The van der Waals surface area contributed by atoms with E-state index in [-0.39, 0.29) is 0 Å². The Bertz CT molecular complexity index is 149. The van der Waals surface area contributed by atoms with Gasteiger partial charge in [0.2, 0.25) is 0 Å². The Morgan fingerprint density at radius 2 is 2.00 bits per heavy atom. The van der Waals surface area contributed by atoms with E-state index in [0.29, 0.717) is 6.10 Å². The summed E-state index contributed by atoms with van der Waals surface area (Å²) >= 11 is 0. The Labute approximate surface area is 94.8 Å². The SMILES string of the molecule is CCCCNCC[C@H]1CCCC[C@H]1OC. The monoisotopic (exact) mass is 213 g/mol. The Balaban J connectivity index is 2.07. The van der Waals surface area contributed by atoms with Crippen LogP contribution in [-0.4, -0.2) is 26.3 Å². The van der Waals surface area contributed by atoms with Gasteiger partial charge in [0.25, 0.3) is 0 Å². The second-order valence-electron chi connectivity index (χ2n) is 4.71. The van der Waals surface area contributed by atoms with Crippen molar-refractivity contribution in [3.63, 3.8) is 0 Å². The highest BCUT2D eigenvalue weighted by atomic mass is 16.5. The number of hydrogen-bond donors (Lipinski definition) is 1. The highest BCUT2D eigenvalue weighted by molar-refractivity contribution is 4.76. The standard InChI is InChI=1S/C13H27NO/c1-3-4-10-14-11-9-12-7-5-6-8-13(12)15-2/h12-14H,3-11H2,1-2H3/t12-,13-/m1/s1. The molecule has 0 unspecified atom stereocenters. The maximum atomic E-state index is 5.55. The molecule has 1 saturated carbocycles. The third kappa shape index (κ3) is 4.98. The molecule has 2 atom stereocenters. The number of nitrogens with one attached hydrogen (secondary N) is 1. The first kappa shape index (κ1) is 13.0. The summed E-state index contributed by atoms with van der Waals surface area (Å²) in [6, 6.07) is 0. The second-order valence-corrected chi connectivity index (χ2v) is 4.71. The Kier molecular flexibility index (Phi) is 7.03. The van der Waals surface area contributed by atoms with Crippen LogP contribution in [0.25, 0.3) is 0 Å². The fraction of sp³-hybridized carbons (Fsp3) is 1.00. The summed E-state index contributed by atoms with van der Waals surface area (Å²) in [5.74, 6) is 0.804. The quantitative estimate of drug-likeness (QED) is 0.656. The van der Waals surface area contributed by atoms with Gasteiger partial charge < -0.3 is 10.1 Å². The number of unbranched alkanes of at least 4 members (excludes halogenated alkanes) is 1. The Morgan fingerprint density at radius 3 is 2.73 bits per heavy atom. The van der Waals surface area contributed by atoms with Crippen molar-refractivity contribution >= 4 is 0 Å². The molecule has 15 heavy (non-hydrogen) atoms. The van der Waals surface area contributed by atoms with Gasteiger partial charge in [-0.3, -0.25) is 0 Å². The lowest BCUT2D eigenvalue weighted by Gasteiger charge is -2.30. The van der Waals surface area contributed by atoms with Gasteiger partial charge in [-0.05, 0) is 44.7 Å². The molecule has 0 aromatic rings. The molecular formula is C13H27NO. The van der Waals surface area contributed by atoms with Crippen molar-refractivity contribution in [2.75, 3.05) is 20.2 Å². The van der Waals surface area contributed by atoms with Crippen LogP contribution in [0.4, 0.5) is 0 Å². The van der Waals surface area contributed by atoms with Crippen LogP contribution in [0.3, 0.4) is 0 Å². The zero-order chi connectivity index (χ0) is 10.9. The maximum Gasteiger partial charge on any atom is 0.0600 e. The number of rotatable bonds is 7. The fourth-order valence-electron chi connectivity index (χ4n) is 2.53. The molecule has 2 heteroatoms. The van der Waals surface area contributed by atoms with Crippen LogP contribution >= 0.6 is 0 Å². The predicted molar refractivity (Wildman–Crippen MR) is 65.1 cm³/mol. The highest BCUT2D eigenvalue weighted by Gasteiger charge is 2.23. The van der Waals surface area contributed by atoms with E-state index in [1.165, 1.54) is 58.0 Å². The van der Waals surface area contributed by atoms with Gasteiger partial charge in [0, 0.05) is 7.11 Å². The van der Waals surface area contributed by atoms with E-state index in [2.05, 4.69) is 12.2 Å². The topological polar surface area (TPSA) is 21.3 Å². The van der Waals surface area contributed by atoms with Gasteiger partial charge in [-0.25, -0.2) is 0 Å². The van der Waals surface area contributed by atoms with Gasteiger partial charge in [-0.1, -0.05) is 26.2 Å². The minimum absolute atomic E-state index is 0.534. The number of hydrogen-bond acceptors (Lipinski definition) is 2. The molecule has 0 aromatic heterocycles. The van der Waals surface area contributed by atoms with Crippen molar-refractivity contribution < 1.29 is 4.74 Å². The van der Waals surface area contributed by atoms with Crippen molar-refractivity contribution in [2.45, 2.75) is 58.0 Å². The molecule has 1 aliphatic rings. The van der Waals surface area contributed by atoms with Gasteiger partial charge in [0.1, 0.15) is 0 Å². The average Bonchev–Trinajstić information content (AvgIpc) is 2.29. The van der Waals surface area contributed by atoms with Crippen molar-refractivity contribution in [3.8, 4) is 0 Å². The predicted octanol–water partition coefficient (Wildman–Crippen LogP) is 2.97. The molecule has 0 spiro atoms. The zero-order valence-corrected chi connectivity index (χ0v) is 10.4. The molecule has 2 nitrogen and oxygen atoms in total. The molecule has 1 rings (SSSR count). The highest BCUT2D eigenvalue weighted by Crippen LogP contribution is 2.28. The third-order valence-corrected chi connectivity index (χ3v) is 3.54. The normalized spacial score (nSPS) is 26.8. The van der Waals surface area contributed by atoms with Crippen LogP contribution < -0.4 is 5.32 Å². The van der Waals surface area contributed by atoms with E-state index in [4.69, 9.17) is 4.74 Å². The Morgan fingerprint density at radius 1 is 1.20 bits per heavy atom. The lowest BCUT2D eigenvalue weighted by atomic mass is 9.84. The van der Waals surface area contributed by atoms with E-state index in [1.807, 2.05) is 7.11 Å². The number of ether oxygens (including phenoxy) is 1. The fourth-order valence-corrected chi connectivity index (χ4v) is 2.53. The molecule has 0 amide bonds. The van der Waals surface area contributed by atoms with Gasteiger partial charge in [-0.15, -0.1) is 0 Å². The maximum absolute atomic E-state index is 5.55. The van der Waals surface area contributed by atoms with Crippen molar-refractivity contribution in [3.05, 3.63) is 0 Å². The van der Waals surface area contributed by atoms with Gasteiger partial charge in [0.15, 0.2) is 0 Å². The molecule has 0 saturated heterocycles. The summed E-state index contributed by atoms with van der Waals surface area (Å²) in [6.07, 6.45) is 9.83. The van der Waals surface area contributed by atoms with Crippen molar-refractivity contribution in [1.29, 1.82) is 0 Å². The lowest BCUT2D eigenvalue weighted by molar-refractivity contribution is 0.0206. The number of methoxy groups -OCH3 is 1. The van der Waals surface area contributed by atoms with E-state index in [1.54, 1.807) is 0 Å². The molecule has 1 fully saturated rings. The summed E-state index contributed by atoms with van der Waals surface area (Å²) in [6.45, 7) is 4.59. The molecule has 1 N–H and O–H groups in total. The Hall–Kier alpha value is -0.0800. The first-order valence-electron chi connectivity index (χ1n) is 6.62. The van der Waals surface area contributed by atoms with Crippen LogP contribution in [0.2, 0.25) is 0 Å². The van der Waals surface area contributed by atoms with Gasteiger partial charge >= 0.3 is 0 Å². The third-order valence-electron chi connectivity index (χ3n) is 3.54. The first-order chi connectivity index (χ1) is 7.38. The van der Waals surface area contributed by atoms with Crippen molar-refractivity contribution in [1.82, 2.24) is 5.32 Å². The molecule has 0 aromatic carbocycles. The minimum Gasteiger partial charge on any atom is -0.381 e. The van der Waals surface area contributed by atoms with Crippen LogP contribution in [-0.2, 0) is 4.74 Å². The van der Waals surface area contributed by atoms with E-state index in [0.717, 1.165) is 5.92 Å². The summed E-state index contributed by atoms with van der Waals surface area (Å²) in [7, 11) is 1.87. The summed E-state index contributed by atoms with van der Waals surface area (Å²) in [5.41, 5.74) is 0. The summed E-state index contributed by atoms with van der Waals surface area (Å²) < 4.78 is 5.55. The van der Waals surface area contributed by atoms with Crippen LogP contribution in [0, 0.1) is 5.92 Å². The summed E-state index contributed by atoms with van der Waals surface area (Å²) in [5, 5.41) is 3.52. The van der Waals surface area contributed by atoms with E-state index >= 15 is 0 Å². The van der Waals surface area contributed by atoms with Crippen LogP contribution in [0.1, 0.15) is 51.9 Å². The molecule has 0 aliphatic heterocycles. The van der Waals surface area contributed by atoms with Crippen molar-refractivity contribution in [2.24, 2.45) is 5.92 Å². The molecule has 0 heterocycles. The molecular weight excluding hydrogens is 186 g/mol. The van der Waals surface area contributed by atoms with Gasteiger partial charge in [-0.2, -0.15) is 0 Å². The van der Waals surface area contributed by atoms with E-state index < -0.39 is 0 Å². The van der Waals surface area contributed by atoms with Gasteiger partial charge in [0.05, 0.1) is 6.10 Å². The van der Waals surface area contributed by atoms with Crippen LogP contribution in [0.15, 0.2) is 0 Å². The lowest BCUT2D eigenvalue weighted by Crippen LogP contribution is -2.30. The largest absolute Gasteiger partial charge is 0.381 e. The molecule has 0 radical (unpaired) electrons. The smallest absolute Gasteiger partial charge is 0.0600 e. The molecule has 90 valence electrons. The second kappa shape index (κ2) is 8.12. The molecule has 1 aliphatic carbocycles. The average molecular weight is 213 g/mol. The summed E-state index contributed by atoms with van der Waals surface area (Å²) in [4.78, 5) is 0. The van der Waals surface area contributed by atoms with Crippen LogP contribution in [0.5, 0.6) is 0 Å². The first-order valence-corrected chi connectivity index (χ1v) is 6.62. The minimum atomic E-state index is 0.534. The van der Waals surface area contributed by atoms with E-state index in [9.17, 15) is 0 Å².